The predicted molar refractivity (Wildman–Crippen MR) is 123 cm³/mol. The van der Waals surface area contributed by atoms with Crippen molar-refractivity contribution < 1.29 is 25.9 Å². The highest BCUT2D eigenvalue weighted by Crippen LogP contribution is 2.31. The minimum atomic E-state index is -4.77. The van der Waals surface area contributed by atoms with E-state index in [0.717, 1.165) is 12.1 Å². The quantitative estimate of drug-likeness (QED) is 0.270. The summed E-state index contributed by atoms with van der Waals surface area (Å²) in [5.41, 5.74) is 1.32. The van der Waals surface area contributed by atoms with Crippen LogP contribution in [0.5, 0.6) is 0 Å². The minimum Gasteiger partial charge on any atom is -0.282 e. The zero-order chi connectivity index (χ0) is 25.1. The average Bonchev–Trinajstić information content (AvgIpc) is 2.84. The van der Waals surface area contributed by atoms with Gasteiger partial charge in [-0.05, 0) is 45.8 Å². The minimum absolute atomic E-state index is 0.0183. The molecule has 0 fully saturated rings. The molecule has 0 aliphatic carbocycles. The Morgan fingerprint density at radius 1 is 0.714 bits per heavy atom. The van der Waals surface area contributed by atoms with Crippen LogP contribution < -0.4 is 4.90 Å². The lowest BCUT2D eigenvalue weighted by atomic mass is 10.1. The van der Waals surface area contributed by atoms with E-state index in [2.05, 4.69) is 30.8 Å². The van der Waals surface area contributed by atoms with Gasteiger partial charge in [0, 0.05) is 17.8 Å². The molecule has 0 aliphatic heterocycles. The second-order valence-electron chi connectivity index (χ2n) is 6.87. The van der Waals surface area contributed by atoms with E-state index >= 15 is 0 Å². The Kier molecular flexibility index (Phi) is 6.57. The smallest absolute Gasteiger partial charge is 0.282 e. The number of rotatable bonds is 7. The SMILES string of the molecule is O=S(=O)(O)c1ccc(C=Cc2ccc(N(c3ccnnn3)c3ccnnn3)cc2)c(S(=O)(=O)O)c1. The lowest BCUT2D eigenvalue weighted by molar-refractivity contribution is 0.481. The number of anilines is 3. The average molecular weight is 514 g/mol. The van der Waals surface area contributed by atoms with Crippen molar-refractivity contribution >= 4 is 49.7 Å². The Morgan fingerprint density at radius 2 is 1.31 bits per heavy atom. The molecule has 0 atom stereocenters. The summed E-state index contributed by atoms with van der Waals surface area (Å²) in [7, 11) is -9.43. The summed E-state index contributed by atoms with van der Waals surface area (Å²) in [5.74, 6) is 0.862. The molecular formula is C20H15N7O6S2. The highest BCUT2D eigenvalue weighted by atomic mass is 32.2. The molecular weight excluding hydrogens is 498 g/mol. The maximum absolute atomic E-state index is 11.7. The van der Waals surface area contributed by atoms with Crippen molar-refractivity contribution in [1.29, 1.82) is 0 Å². The molecule has 178 valence electrons. The first-order chi connectivity index (χ1) is 16.6. The van der Waals surface area contributed by atoms with E-state index in [-0.39, 0.29) is 5.56 Å². The third kappa shape index (κ3) is 5.67. The number of hydrogen-bond acceptors (Lipinski definition) is 11. The summed E-state index contributed by atoms with van der Waals surface area (Å²) in [6.45, 7) is 0. The van der Waals surface area contributed by atoms with Gasteiger partial charge in [-0.2, -0.15) is 16.8 Å². The largest absolute Gasteiger partial charge is 0.295 e. The van der Waals surface area contributed by atoms with Gasteiger partial charge < -0.3 is 0 Å². The Morgan fingerprint density at radius 3 is 1.80 bits per heavy atom. The lowest BCUT2D eigenvalue weighted by Crippen LogP contribution is -2.14. The van der Waals surface area contributed by atoms with Gasteiger partial charge >= 0.3 is 0 Å². The molecule has 0 aliphatic rings. The fourth-order valence-electron chi connectivity index (χ4n) is 3.05. The summed E-state index contributed by atoms with van der Waals surface area (Å²) < 4.78 is 64.8. The highest BCUT2D eigenvalue weighted by molar-refractivity contribution is 7.86. The van der Waals surface area contributed by atoms with E-state index in [9.17, 15) is 21.4 Å². The number of aromatic nitrogens is 6. The topological polar surface area (TPSA) is 189 Å². The second kappa shape index (κ2) is 9.59. The van der Waals surface area contributed by atoms with Gasteiger partial charge in [0.05, 0.1) is 17.3 Å². The molecule has 13 nitrogen and oxygen atoms in total. The maximum Gasteiger partial charge on any atom is 0.295 e. The summed E-state index contributed by atoms with van der Waals surface area (Å²) in [6.07, 6.45) is 5.89. The van der Waals surface area contributed by atoms with Gasteiger partial charge in [0.25, 0.3) is 20.2 Å². The Labute approximate surface area is 199 Å². The third-order valence-corrected chi connectivity index (χ3v) is 6.36. The van der Waals surface area contributed by atoms with Crippen molar-refractivity contribution in [2.45, 2.75) is 9.79 Å². The Balaban J connectivity index is 1.67. The second-order valence-corrected chi connectivity index (χ2v) is 9.68. The van der Waals surface area contributed by atoms with Crippen LogP contribution in [0.25, 0.3) is 12.2 Å². The van der Waals surface area contributed by atoms with E-state index in [1.165, 1.54) is 18.5 Å². The fourth-order valence-corrected chi connectivity index (χ4v) is 4.34. The van der Waals surface area contributed by atoms with Crippen LogP contribution >= 0.6 is 0 Å². The number of hydrogen-bond donors (Lipinski definition) is 2. The van der Waals surface area contributed by atoms with E-state index in [4.69, 9.17) is 4.55 Å². The summed E-state index contributed by atoms with van der Waals surface area (Å²) in [6, 6.07) is 13.1. The Bertz CT molecular complexity index is 1540. The van der Waals surface area contributed by atoms with Crippen molar-refractivity contribution in [2.24, 2.45) is 0 Å². The molecule has 2 heterocycles. The molecule has 0 saturated carbocycles. The maximum atomic E-state index is 11.7. The van der Waals surface area contributed by atoms with Crippen LogP contribution in [0.15, 0.2) is 76.8 Å². The van der Waals surface area contributed by atoms with Crippen molar-refractivity contribution in [3.8, 4) is 0 Å². The molecule has 35 heavy (non-hydrogen) atoms. The van der Waals surface area contributed by atoms with Crippen LogP contribution in [-0.4, -0.2) is 56.8 Å². The molecule has 0 bridgehead atoms. The summed E-state index contributed by atoms with van der Waals surface area (Å²) in [4.78, 5) is 0.339. The molecule has 2 N–H and O–H groups in total. The first-order valence-corrected chi connectivity index (χ1v) is 12.5. The van der Waals surface area contributed by atoms with Crippen LogP contribution in [0.3, 0.4) is 0 Å². The van der Waals surface area contributed by atoms with Gasteiger partial charge in [-0.1, -0.05) is 30.4 Å². The summed E-state index contributed by atoms with van der Waals surface area (Å²) in [5, 5.41) is 22.7. The predicted octanol–water partition coefficient (Wildman–Crippen LogP) is 2.19. The van der Waals surface area contributed by atoms with Gasteiger partial charge in [0.2, 0.25) is 0 Å². The van der Waals surface area contributed by atoms with Crippen LogP contribution in [0.2, 0.25) is 0 Å². The molecule has 0 amide bonds. The molecule has 0 unspecified atom stereocenters. The molecule has 0 radical (unpaired) electrons. The number of benzene rings is 2. The van der Waals surface area contributed by atoms with Crippen molar-refractivity contribution in [3.05, 3.63) is 78.1 Å². The summed E-state index contributed by atoms with van der Waals surface area (Å²) >= 11 is 0. The van der Waals surface area contributed by atoms with Gasteiger partial charge in [-0.3, -0.25) is 14.0 Å². The molecule has 0 spiro atoms. The van der Waals surface area contributed by atoms with E-state index < -0.39 is 30.0 Å². The monoisotopic (exact) mass is 513 g/mol. The number of nitrogens with zero attached hydrogens (tertiary/aromatic N) is 7. The van der Waals surface area contributed by atoms with Crippen molar-refractivity contribution in [3.63, 3.8) is 0 Å². The fraction of sp³-hybridized carbons (Fsp3) is 0. The van der Waals surface area contributed by atoms with Crippen LogP contribution in [0.1, 0.15) is 11.1 Å². The zero-order valence-corrected chi connectivity index (χ0v) is 19.1. The first-order valence-electron chi connectivity index (χ1n) is 9.59. The van der Waals surface area contributed by atoms with Crippen LogP contribution in [0.4, 0.5) is 17.3 Å². The van der Waals surface area contributed by atoms with E-state index in [1.54, 1.807) is 47.4 Å². The standard InChI is InChI=1S/C20H15N7O6S2/c28-34(29,30)17-8-5-15(18(13-17)35(31,32)33)4-1-14-2-6-16(7-3-14)27(19-9-11-21-25-23-19)20-10-12-22-26-24-20/h1-13H,(H,28,29,30)(H,31,32,33). The van der Waals surface area contributed by atoms with Crippen LogP contribution in [0, 0.1) is 0 Å². The van der Waals surface area contributed by atoms with Gasteiger partial charge in [-0.15, -0.1) is 20.4 Å². The molecule has 4 aromatic rings. The molecule has 2 aromatic carbocycles. The normalized spacial score (nSPS) is 12.1. The third-order valence-electron chi connectivity index (χ3n) is 4.60. The van der Waals surface area contributed by atoms with Crippen LogP contribution in [-0.2, 0) is 20.2 Å². The van der Waals surface area contributed by atoms with Crippen molar-refractivity contribution in [2.75, 3.05) is 4.90 Å². The van der Waals surface area contributed by atoms with Gasteiger partial charge in [-0.25, -0.2) is 0 Å². The molecule has 15 heteroatoms. The molecule has 4 rings (SSSR count). The van der Waals surface area contributed by atoms with E-state index in [1.807, 2.05) is 0 Å². The van der Waals surface area contributed by atoms with Crippen molar-refractivity contribution in [1.82, 2.24) is 30.8 Å². The molecule has 2 aromatic heterocycles. The Hall–Kier alpha value is -4.18. The first kappa shape index (κ1) is 24.0. The van der Waals surface area contributed by atoms with Gasteiger partial charge in [0.15, 0.2) is 11.6 Å². The molecule has 0 saturated heterocycles. The van der Waals surface area contributed by atoms with Gasteiger partial charge in [0.1, 0.15) is 4.90 Å². The highest BCUT2D eigenvalue weighted by Gasteiger charge is 2.19. The van der Waals surface area contributed by atoms with E-state index in [0.29, 0.717) is 29.0 Å². The lowest BCUT2D eigenvalue weighted by Gasteiger charge is -2.21. The zero-order valence-electron chi connectivity index (χ0n) is 17.5.